The Hall–Kier alpha value is -1.96. The molecule has 2 aromatic rings. The van der Waals surface area contributed by atoms with E-state index >= 15 is 0 Å². The summed E-state index contributed by atoms with van der Waals surface area (Å²) in [6.45, 7) is 6.28. The van der Waals surface area contributed by atoms with E-state index in [1.165, 1.54) is 11.1 Å². The highest BCUT2D eigenvalue weighted by molar-refractivity contribution is 5.44. The van der Waals surface area contributed by atoms with Crippen LogP contribution in [0.5, 0.6) is 11.5 Å². The zero-order valence-corrected chi connectivity index (χ0v) is 12.4. The summed E-state index contributed by atoms with van der Waals surface area (Å²) in [5.74, 6) is 0.924. The van der Waals surface area contributed by atoms with Crippen molar-refractivity contribution in [2.45, 2.75) is 39.5 Å². The van der Waals surface area contributed by atoms with Crippen molar-refractivity contribution in [3.05, 3.63) is 58.7 Å². The maximum absolute atomic E-state index is 9.88. The van der Waals surface area contributed by atoms with Crippen molar-refractivity contribution in [2.24, 2.45) is 0 Å². The first kappa shape index (κ1) is 14.4. The van der Waals surface area contributed by atoms with Crippen LogP contribution in [0.3, 0.4) is 0 Å². The molecular formula is C18H22O2. The van der Waals surface area contributed by atoms with Gasteiger partial charge in [0, 0.05) is 5.92 Å². The van der Waals surface area contributed by atoms with Gasteiger partial charge in [0.2, 0.25) is 0 Å². The van der Waals surface area contributed by atoms with E-state index in [0.717, 1.165) is 24.0 Å². The van der Waals surface area contributed by atoms with Crippen molar-refractivity contribution in [3.8, 4) is 11.5 Å². The van der Waals surface area contributed by atoms with Gasteiger partial charge in [-0.15, -0.1) is 0 Å². The zero-order valence-electron chi connectivity index (χ0n) is 12.4. The van der Waals surface area contributed by atoms with Crippen LogP contribution in [0.2, 0.25) is 0 Å². The summed E-state index contributed by atoms with van der Waals surface area (Å²) in [6, 6.07) is 11.3. The second-order valence-electron chi connectivity index (χ2n) is 5.40. The van der Waals surface area contributed by atoms with Gasteiger partial charge in [-0.3, -0.25) is 0 Å². The predicted octanol–water partition coefficient (Wildman–Crippen LogP) is 4.51. The molecular weight excluding hydrogens is 248 g/mol. The molecule has 0 fully saturated rings. The van der Waals surface area contributed by atoms with Gasteiger partial charge in [-0.05, 0) is 53.8 Å². The molecule has 0 amide bonds. The van der Waals surface area contributed by atoms with Gasteiger partial charge >= 0.3 is 0 Å². The van der Waals surface area contributed by atoms with E-state index in [1.807, 2.05) is 19.1 Å². The number of phenols is 2. The molecule has 106 valence electrons. The number of aryl methyl sites for hydroxylation is 2. The maximum atomic E-state index is 9.88. The van der Waals surface area contributed by atoms with Crippen LogP contribution in [0.15, 0.2) is 36.4 Å². The van der Waals surface area contributed by atoms with E-state index in [2.05, 4.69) is 19.9 Å². The van der Waals surface area contributed by atoms with Crippen molar-refractivity contribution in [2.75, 3.05) is 0 Å². The standard InChI is InChI=1S/C18H22O2/c1-4-5-15-11-14(6-9-18(15)20)13(3)17-8-7-16(19)10-12(17)2/h6-11,13,19-20H,4-5H2,1-3H3. The lowest BCUT2D eigenvalue weighted by molar-refractivity contribution is 0.467. The number of benzene rings is 2. The average Bonchev–Trinajstić information content (AvgIpc) is 2.41. The number of hydrogen-bond acceptors (Lipinski definition) is 2. The first-order valence-corrected chi connectivity index (χ1v) is 7.14. The van der Waals surface area contributed by atoms with Crippen LogP contribution in [-0.4, -0.2) is 10.2 Å². The molecule has 2 rings (SSSR count). The van der Waals surface area contributed by atoms with Gasteiger partial charge in [0.15, 0.2) is 0 Å². The lowest BCUT2D eigenvalue weighted by Crippen LogP contribution is -2.00. The maximum Gasteiger partial charge on any atom is 0.118 e. The Bertz CT molecular complexity index is 602. The number of rotatable bonds is 4. The topological polar surface area (TPSA) is 40.5 Å². The Balaban J connectivity index is 2.37. The Labute approximate surface area is 120 Å². The smallest absolute Gasteiger partial charge is 0.118 e. The Morgan fingerprint density at radius 3 is 2.45 bits per heavy atom. The van der Waals surface area contributed by atoms with Crippen LogP contribution >= 0.6 is 0 Å². The molecule has 0 heterocycles. The minimum atomic E-state index is 0.242. The Morgan fingerprint density at radius 2 is 1.80 bits per heavy atom. The van der Waals surface area contributed by atoms with Crippen LogP contribution in [0.1, 0.15) is 48.4 Å². The van der Waals surface area contributed by atoms with E-state index in [-0.39, 0.29) is 5.92 Å². The molecule has 2 nitrogen and oxygen atoms in total. The van der Waals surface area contributed by atoms with Gasteiger partial charge in [-0.2, -0.15) is 0 Å². The van der Waals surface area contributed by atoms with Crippen molar-refractivity contribution >= 4 is 0 Å². The predicted molar refractivity (Wildman–Crippen MR) is 82.5 cm³/mol. The SMILES string of the molecule is CCCc1cc(C(C)c2ccc(O)cc2C)ccc1O. The van der Waals surface area contributed by atoms with Crippen LogP contribution in [0.4, 0.5) is 0 Å². The molecule has 0 radical (unpaired) electrons. The molecule has 20 heavy (non-hydrogen) atoms. The highest BCUT2D eigenvalue weighted by Crippen LogP contribution is 2.31. The fourth-order valence-corrected chi connectivity index (χ4v) is 2.67. The van der Waals surface area contributed by atoms with Crippen LogP contribution in [0, 0.1) is 6.92 Å². The largest absolute Gasteiger partial charge is 0.508 e. The Kier molecular flexibility index (Phi) is 4.33. The third-order valence-electron chi connectivity index (χ3n) is 3.84. The summed E-state index contributed by atoms with van der Waals surface area (Å²) >= 11 is 0. The lowest BCUT2D eigenvalue weighted by Gasteiger charge is -2.17. The second-order valence-corrected chi connectivity index (χ2v) is 5.40. The summed E-state index contributed by atoms with van der Waals surface area (Å²) in [5, 5.41) is 19.4. The average molecular weight is 270 g/mol. The number of aromatic hydroxyl groups is 2. The fraction of sp³-hybridized carbons (Fsp3) is 0.333. The van der Waals surface area contributed by atoms with Gasteiger partial charge in [0.1, 0.15) is 11.5 Å². The third-order valence-corrected chi connectivity index (χ3v) is 3.84. The molecule has 2 heteroatoms. The number of phenolic OH excluding ortho intramolecular Hbond substituents is 2. The molecule has 0 bridgehead atoms. The molecule has 1 unspecified atom stereocenters. The van der Waals surface area contributed by atoms with E-state index in [1.54, 1.807) is 18.2 Å². The first-order valence-electron chi connectivity index (χ1n) is 7.14. The van der Waals surface area contributed by atoms with Gasteiger partial charge in [0.25, 0.3) is 0 Å². The van der Waals surface area contributed by atoms with Crippen molar-refractivity contribution in [3.63, 3.8) is 0 Å². The highest BCUT2D eigenvalue weighted by Gasteiger charge is 2.13. The summed E-state index contributed by atoms with van der Waals surface area (Å²) in [5.41, 5.74) is 4.49. The molecule has 0 saturated carbocycles. The van der Waals surface area contributed by atoms with Crippen LogP contribution < -0.4 is 0 Å². The van der Waals surface area contributed by atoms with E-state index in [0.29, 0.717) is 11.5 Å². The molecule has 2 aromatic carbocycles. The molecule has 0 aliphatic heterocycles. The van der Waals surface area contributed by atoms with E-state index in [4.69, 9.17) is 0 Å². The first-order chi connectivity index (χ1) is 9.52. The Morgan fingerprint density at radius 1 is 1.05 bits per heavy atom. The summed E-state index contributed by atoms with van der Waals surface area (Å²) in [7, 11) is 0. The molecule has 0 spiro atoms. The highest BCUT2D eigenvalue weighted by atomic mass is 16.3. The fourth-order valence-electron chi connectivity index (χ4n) is 2.67. The van der Waals surface area contributed by atoms with Crippen molar-refractivity contribution in [1.82, 2.24) is 0 Å². The number of hydrogen-bond donors (Lipinski definition) is 2. The molecule has 2 N–H and O–H groups in total. The summed E-state index contributed by atoms with van der Waals surface area (Å²) in [6.07, 6.45) is 1.91. The van der Waals surface area contributed by atoms with E-state index < -0.39 is 0 Å². The summed E-state index contributed by atoms with van der Waals surface area (Å²) < 4.78 is 0. The van der Waals surface area contributed by atoms with Gasteiger partial charge in [-0.1, -0.05) is 38.5 Å². The monoisotopic (exact) mass is 270 g/mol. The normalized spacial score (nSPS) is 12.3. The quantitative estimate of drug-likeness (QED) is 0.858. The van der Waals surface area contributed by atoms with Gasteiger partial charge < -0.3 is 10.2 Å². The molecule has 0 aliphatic rings. The second kappa shape index (κ2) is 6.00. The lowest BCUT2D eigenvalue weighted by atomic mass is 9.88. The summed E-state index contributed by atoms with van der Waals surface area (Å²) in [4.78, 5) is 0. The van der Waals surface area contributed by atoms with Crippen LogP contribution in [-0.2, 0) is 6.42 Å². The van der Waals surface area contributed by atoms with Gasteiger partial charge in [-0.25, -0.2) is 0 Å². The third kappa shape index (κ3) is 2.96. The minimum Gasteiger partial charge on any atom is -0.508 e. The van der Waals surface area contributed by atoms with Gasteiger partial charge in [0.05, 0.1) is 0 Å². The molecule has 0 saturated heterocycles. The minimum absolute atomic E-state index is 0.242. The zero-order chi connectivity index (χ0) is 14.7. The van der Waals surface area contributed by atoms with E-state index in [9.17, 15) is 10.2 Å². The van der Waals surface area contributed by atoms with Crippen molar-refractivity contribution in [1.29, 1.82) is 0 Å². The molecule has 0 aromatic heterocycles. The molecule has 1 atom stereocenters. The van der Waals surface area contributed by atoms with Crippen molar-refractivity contribution < 1.29 is 10.2 Å². The molecule has 0 aliphatic carbocycles. The van der Waals surface area contributed by atoms with Crippen LogP contribution in [0.25, 0.3) is 0 Å².